The molecule has 1 heterocycles. The van der Waals surface area contributed by atoms with Crippen LogP contribution in [0.1, 0.15) is 18.5 Å². The van der Waals surface area contributed by atoms with Crippen LogP contribution in [0.4, 0.5) is 0 Å². The summed E-state index contributed by atoms with van der Waals surface area (Å²) in [4.78, 5) is 13.9. The molecule has 0 bridgehead atoms. The van der Waals surface area contributed by atoms with Gasteiger partial charge in [-0.05, 0) is 12.5 Å². The van der Waals surface area contributed by atoms with E-state index in [0.29, 0.717) is 6.67 Å². The number of carbonyl (C=O) groups excluding carboxylic acids is 1. The normalized spacial score (nSPS) is 21.7. The summed E-state index contributed by atoms with van der Waals surface area (Å²) in [5.41, 5.74) is 0.904. The quantitative estimate of drug-likeness (QED) is 0.876. The van der Waals surface area contributed by atoms with E-state index in [4.69, 9.17) is 0 Å². The molecule has 5 nitrogen and oxygen atoms in total. The Hall–Kier alpha value is -1.40. The molecule has 1 saturated heterocycles. The second-order valence-electron chi connectivity index (χ2n) is 4.96. The van der Waals surface area contributed by atoms with Crippen molar-refractivity contribution in [2.75, 3.05) is 18.7 Å². The molecule has 0 aromatic heterocycles. The summed E-state index contributed by atoms with van der Waals surface area (Å²) in [6.45, 7) is 2.14. The summed E-state index contributed by atoms with van der Waals surface area (Å²) in [6, 6.07) is 8.75. The Balaban J connectivity index is 2.10. The molecule has 1 aromatic carbocycles. The van der Waals surface area contributed by atoms with Crippen molar-refractivity contribution in [3.8, 4) is 0 Å². The van der Waals surface area contributed by atoms with Gasteiger partial charge in [0.25, 0.3) is 0 Å². The topological polar surface area (TPSA) is 66.5 Å². The molecule has 104 valence electrons. The zero-order valence-corrected chi connectivity index (χ0v) is 11.9. The molecule has 1 aliphatic heterocycles. The highest BCUT2D eigenvalue weighted by atomic mass is 32.2. The Morgan fingerprint density at radius 3 is 2.58 bits per heavy atom. The molecule has 1 aliphatic rings. The number of benzene rings is 1. The van der Waals surface area contributed by atoms with Crippen LogP contribution in [-0.2, 0) is 14.6 Å². The summed E-state index contributed by atoms with van der Waals surface area (Å²) < 4.78 is 22.6. The number of carbonyl (C=O) groups is 1. The number of rotatable bonds is 4. The third-order valence-corrected chi connectivity index (χ3v) is 4.29. The van der Waals surface area contributed by atoms with Gasteiger partial charge in [0.05, 0.1) is 12.4 Å². The number of amides is 1. The molecule has 1 amide bonds. The maximum Gasteiger partial charge on any atom is 0.245 e. The van der Waals surface area contributed by atoms with Crippen LogP contribution < -0.4 is 5.32 Å². The number of nitrogens with one attached hydrogen (secondary N) is 1. The first kappa shape index (κ1) is 14.0. The van der Waals surface area contributed by atoms with Gasteiger partial charge in [-0.3, -0.25) is 10.1 Å². The fraction of sp³-hybridized carbons (Fsp3) is 0.462. The summed E-state index contributed by atoms with van der Waals surface area (Å²) in [5, 5.41) is 3.12. The fourth-order valence-electron chi connectivity index (χ4n) is 2.33. The predicted octanol–water partition coefficient (Wildman–Crippen LogP) is 0.550. The molecular weight excluding hydrogens is 264 g/mol. The van der Waals surface area contributed by atoms with Crippen molar-refractivity contribution in [3.05, 3.63) is 35.9 Å². The Bertz CT molecular complexity index is 557. The molecule has 1 N–H and O–H groups in total. The van der Waals surface area contributed by atoms with E-state index in [1.54, 1.807) is 11.8 Å². The Morgan fingerprint density at radius 1 is 1.37 bits per heavy atom. The van der Waals surface area contributed by atoms with Crippen molar-refractivity contribution in [2.24, 2.45) is 0 Å². The minimum Gasteiger partial charge on any atom is -0.325 e. The van der Waals surface area contributed by atoms with Gasteiger partial charge in [-0.1, -0.05) is 30.3 Å². The van der Waals surface area contributed by atoms with E-state index in [2.05, 4.69) is 5.32 Å². The molecular formula is C13H18N2O3S. The van der Waals surface area contributed by atoms with Gasteiger partial charge in [0.2, 0.25) is 5.91 Å². The first-order valence-electron chi connectivity index (χ1n) is 6.15. The van der Waals surface area contributed by atoms with Crippen LogP contribution in [0.25, 0.3) is 0 Å². The number of sulfone groups is 1. The van der Waals surface area contributed by atoms with E-state index in [0.717, 1.165) is 5.56 Å². The van der Waals surface area contributed by atoms with Crippen molar-refractivity contribution in [3.63, 3.8) is 0 Å². The van der Waals surface area contributed by atoms with E-state index in [1.165, 1.54) is 6.26 Å². The van der Waals surface area contributed by atoms with Gasteiger partial charge >= 0.3 is 0 Å². The zero-order valence-electron chi connectivity index (χ0n) is 11.0. The van der Waals surface area contributed by atoms with Crippen molar-refractivity contribution >= 4 is 15.7 Å². The molecule has 0 spiro atoms. The highest BCUT2D eigenvalue weighted by Gasteiger charge is 2.35. The molecule has 0 radical (unpaired) electrons. The van der Waals surface area contributed by atoms with Gasteiger partial charge in [0.15, 0.2) is 0 Å². The van der Waals surface area contributed by atoms with Crippen molar-refractivity contribution in [1.82, 2.24) is 10.2 Å². The van der Waals surface area contributed by atoms with E-state index in [-0.39, 0.29) is 23.7 Å². The lowest BCUT2D eigenvalue weighted by Gasteiger charge is -2.23. The van der Waals surface area contributed by atoms with Gasteiger partial charge in [-0.25, -0.2) is 8.42 Å². The predicted molar refractivity (Wildman–Crippen MR) is 73.2 cm³/mol. The van der Waals surface area contributed by atoms with Gasteiger partial charge in [0.1, 0.15) is 15.9 Å². The molecule has 0 aliphatic carbocycles. The molecule has 2 atom stereocenters. The smallest absolute Gasteiger partial charge is 0.245 e. The Morgan fingerprint density at radius 2 is 2.00 bits per heavy atom. The number of hydrogen-bond acceptors (Lipinski definition) is 4. The highest BCUT2D eigenvalue weighted by molar-refractivity contribution is 7.90. The van der Waals surface area contributed by atoms with Crippen LogP contribution in [0.2, 0.25) is 0 Å². The van der Waals surface area contributed by atoms with Crippen LogP contribution in [-0.4, -0.2) is 43.9 Å². The van der Waals surface area contributed by atoms with Crippen LogP contribution in [0, 0.1) is 0 Å². The van der Waals surface area contributed by atoms with Gasteiger partial charge in [0, 0.05) is 12.3 Å². The summed E-state index contributed by atoms with van der Waals surface area (Å²) in [6.07, 6.45) is 1.19. The van der Waals surface area contributed by atoms with Crippen molar-refractivity contribution in [2.45, 2.75) is 19.0 Å². The second kappa shape index (κ2) is 5.30. The van der Waals surface area contributed by atoms with Gasteiger partial charge in [-0.15, -0.1) is 0 Å². The Kier molecular flexibility index (Phi) is 3.91. The van der Waals surface area contributed by atoms with Crippen LogP contribution in [0.15, 0.2) is 30.3 Å². The lowest BCUT2D eigenvalue weighted by atomic mass is 10.1. The van der Waals surface area contributed by atoms with Crippen LogP contribution in [0.5, 0.6) is 0 Å². The monoisotopic (exact) mass is 282 g/mol. The average molecular weight is 282 g/mol. The molecule has 2 rings (SSSR count). The van der Waals surface area contributed by atoms with Crippen LogP contribution >= 0.6 is 0 Å². The summed E-state index contributed by atoms with van der Waals surface area (Å²) in [7, 11) is -3.09. The Labute approximate surface area is 113 Å². The zero-order chi connectivity index (χ0) is 14.0. The molecule has 6 heteroatoms. The molecule has 2 unspecified atom stereocenters. The lowest BCUT2D eigenvalue weighted by molar-refractivity contribution is -0.130. The minimum absolute atomic E-state index is 0.0120. The molecule has 0 saturated carbocycles. The third-order valence-electron chi connectivity index (χ3n) is 3.20. The fourth-order valence-corrected chi connectivity index (χ4v) is 3.38. The maximum atomic E-state index is 12.3. The van der Waals surface area contributed by atoms with Crippen molar-refractivity contribution < 1.29 is 13.2 Å². The lowest BCUT2D eigenvalue weighted by Crippen LogP contribution is -2.39. The largest absolute Gasteiger partial charge is 0.325 e. The molecule has 19 heavy (non-hydrogen) atoms. The molecule has 1 aromatic rings. The first-order valence-corrected chi connectivity index (χ1v) is 8.21. The van der Waals surface area contributed by atoms with Crippen LogP contribution in [0.3, 0.4) is 0 Å². The number of nitrogens with zero attached hydrogens (tertiary/aromatic N) is 1. The van der Waals surface area contributed by atoms with Crippen molar-refractivity contribution in [1.29, 1.82) is 0 Å². The maximum absolute atomic E-state index is 12.3. The van der Waals surface area contributed by atoms with Gasteiger partial charge < -0.3 is 4.90 Å². The SMILES string of the molecule is CC(CS(C)(=O)=O)N1CNC(c2ccccc2)C1=O. The van der Waals surface area contributed by atoms with E-state index in [9.17, 15) is 13.2 Å². The number of hydrogen-bond donors (Lipinski definition) is 1. The van der Waals surface area contributed by atoms with E-state index in [1.807, 2.05) is 30.3 Å². The average Bonchev–Trinajstić information content (AvgIpc) is 2.70. The third kappa shape index (κ3) is 3.33. The molecule has 1 fully saturated rings. The highest BCUT2D eigenvalue weighted by Crippen LogP contribution is 2.22. The van der Waals surface area contributed by atoms with Gasteiger partial charge in [-0.2, -0.15) is 0 Å². The van der Waals surface area contributed by atoms with E-state index >= 15 is 0 Å². The summed E-state index contributed by atoms with van der Waals surface area (Å²) in [5.74, 6) is -0.0792. The standard InChI is InChI=1S/C13H18N2O3S/c1-10(8-19(2,17)18)15-9-14-12(13(15)16)11-6-4-3-5-7-11/h3-7,10,12,14H,8-9H2,1-2H3. The first-order chi connectivity index (χ1) is 8.88. The second-order valence-corrected chi connectivity index (χ2v) is 7.14. The summed E-state index contributed by atoms with van der Waals surface area (Å²) >= 11 is 0. The van der Waals surface area contributed by atoms with E-state index < -0.39 is 9.84 Å². The minimum atomic E-state index is -3.09.